The highest BCUT2D eigenvalue weighted by Crippen LogP contribution is 2.42. The number of piperidine rings is 1. The number of allylic oxidation sites excluding steroid dienone is 1. The van der Waals surface area contributed by atoms with Gasteiger partial charge in [-0.1, -0.05) is 32.0 Å². The number of aromatic nitrogens is 1. The zero-order valence-electron chi connectivity index (χ0n) is 22.9. The molecular weight excluding hydrogens is 462 g/mol. The van der Waals surface area contributed by atoms with Gasteiger partial charge in [0.25, 0.3) is 0 Å². The summed E-state index contributed by atoms with van der Waals surface area (Å²) in [6, 6.07) is 6.67. The van der Waals surface area contributed by atoms with Gasteiger partial charge in [0, 0.05) is 72.7 Å². The topological polar surface area (TPSA) is 107 Å². The summed E-state index contributed by atoms with van der Waals surface area (Å²) in [6.45, 7) is 14.7. The number of hydrogen-bond acceptors (Lipinski definition) is 6. The van der Waals surface area contributed by atoms with Gasteiger partial charge < -0.3 is 21.1 Å². The van der Waals surface area contributed by atoms with Crippen LogP contribution in [0.15, 0.2) is 29.5 Å². The first-order valence-electron chi connectivity index (χ1n) is 13.3. The minimum Gasteiger partial charge on any atom is -0.481 e. The number of carboxylic acids is 1. The molecule has 0 atom stereocenters. The smallest absolute Gasteiger partial charge is 0.307 e. The molecule has 4 N–H and O–H groups in total. The predicted molar refractivity (Wildman–Crippen MR) is 150 cm³/mol. The van der Waals surface area contributed by atoms with Crippen LogP contribution in [-0.2, 0) is 24.2 Å². The van der Waals surface area contributed by atoms with Gasteiger partial charge in [-0.3, -0.25) is 14.7 Å². The number of pyridine rings is 1. The summed E-state index contributed by atoms with van der Waals surface area (Å²) in [5.41, 5.74) is 16.3. The van der Waals surface area contributed by atoms with E-state index in [4.69, 9.17) is 16.1 Å². The lowest BCUT2D eigenvalue weighted by Crippen LogP contribution is -2.38. The first-order valence-corrected chi connectivity index (χ1v) is 13.3. The molecule has 0 amide bonds. The van der Waals surface area contributed by atoms with E-state index >= 15 is 0 Å². The van der Waals surface area contributed by atoms with Crippen LogP contribution in [0.1, 0.15) is 61.7 Å². The van der Waals surface area contributed by atoms with Crippen LogP contribution in [0.3, 0.4) is 0 Å². The van der Waals surface area contributed by atoms with E-state index in [9.17, 15) is 9.90 Å². The Labute approximate surface area is 220 Å². The largest absolute Gasteiger partial charge is 0.481 e. The maximum absolute atomic E-state index is 11.9. The van der Waals surface area contributed by atoms with E-state index in [1.54, 1.807) is 0 Å². The van der Waals surface area contributed by atoms with E-state index < -0.39 is 5.97 Å². The SMILES string of the molecule is CC(N)=C(C=N)CN1CCc2cc(-c3c(C)nc(C)c(CC(=O)O)c3N3CCC(C)(C)CC3)ccc2C1. The van der Waals surface area contributed by atoms with Crippen molar-refractivity contribution in [1.29, 1.82) is 5.41 Å². The number of rotatable bonds is 7. The Hall–Kier alpha value is -3.19. The monoisotopic (exact) mass is 503 g/mol. The first kappa shape index (κ1) is 26.9. The quantitative estimate of drug-likeness (QED) is 0.466. The molecular formula is C30H41N5O2. The van der Waals surface area contributed by atoms with Gasteiger partial charge in [-0.25, -0.2) is 0 Å². The van der Waals surface area contributed by atoms with Crippen molar-refractivity contribution in [3.8, 4) is 11.1 Å². The third-order valence-corrected chi connectivity index (χ3v) is 8.08. The van der Waals surface area contributed by atoms with Crippen LogP contribution >= 0.6 is 0 Å². The fourth-order valence-corrected chi connectivity index (χ4v) is 5.69. The van der Waals surface area contributed by atoms with Crippen LogP contribution in [0.4, 0.5) is 5.69 Å². The van der Waals surface area contributed by atoms with Gasteiger partial charge in [-0.15, -0.1) is 0 Å². The van der Waals surface area contributed by atoms with Crippen molar-refractivity contribution < 1.29 is 9.90 Å². The minimum absolute atomic E-state index is 0.0231. The Balaban J connectivity index is 1.74. The number of aryl methyl sites for hydroxylation is 2. The molecule has 0 unspecified atom stereocenters. The van der Waals surface area contributed by atoms with Crippen molar-refractivity contribution in [1.82, 2.24) is 9.88 Å². The molecule has 0 aliphatic carbocycles. The van der Waals surface area contributed by atoms with Crippen molar-refractivity contribution in [2.45, 2.75) is 66.8 Å². The average Bonchev–Trinajstić information content (AvgIpc) is 2.83. The van der Waals surface area contributed by atoms with Crippen molar-refractivity contribution >= 4 is 17.9 Å². The summed E-state index contributed by atoms with van der Waals surface area (Å²) in [6.07, 6.45) is 4.41. The molecule has 1 fully saturated rings. The molecule has 0 bridgehead atoms. The van der Waals surface area contributed by atoms with E-state index in [1.165, 1.54) is 17.3 Å². The highest BCUT2D eigenvalue weighted by Gasteiger charge is 2.30. The maximum Gasteiger partial charge on any atom is 0.307 e. The lowest BCUT2D eigenvalue weighted by atomic mass is 9.82. The predicted octanol–water partition coefficient (Wildman–Crippen LogP) is 4.86. The second-order valence-corrected chi connectivity index (χ2v) is 11.5. The minimum atomic E-state index is -0.824. The van der Waals surface area contributed by atoms with Crippen molar-refractivity contribution in [3.05, 3.63) is 57.5 Å². The number of nitrogens with zero attached hydrogens (tertiary/aromatic N) is 3. The van der Waals surface area contributed by atoms with E-state index in [0.29, 0.717) is 17.7 Å². The molecule has 1 aromatic carbocycles. The fraction of sp³-hybridized carbons (Fsp3) is 0.500. The molecule has 37 heavy (non-hydrogen) atoms. The van der Waals surface area contributed by atoms with Crippen LogP contribution in [0, 0.1) is 24.7 Å². The summed E-state index contributed by atoms with van der Waals surface area (Å²) >= 11 is 0. The van der Waals surface area contributed by atoms with Crippen molar-refractivity contribution in [2.75, 3.05) is 31.1 Å². The van der Waals surface area contributed by atoms with E-state index in [0.717, 1.165) is 84.8 Å². The third kappa shape index (κ3) is 5.87. The lowest BCUT2D eigenvalue weighted by Gasteiger charge is -2.40. The van der Waals surface area contributed by atoms with E-state index in [1.807, 2.05) is 20.8 Å². The van der Waals surface area contributed by atoms with Gasteiger partial charge in [0.1, 0.15) is 0 Å². The summed E-state index contributed by atoms with van der Waals surface area (Å²) in [5.74, 6) is -0.824. The van der Waals surface area contributed by atoms with Gasteiger partial charge in [0.15, 0.2) is 0 Å². The van der Waals surface area contributed by atoms with Gasteiger partial charge in [0.05, 0.1) is 12.1 Å². The standard InChI is InChI=1S/C30H41N5O2/c1-19(32)25(16-31)18-34-11-8-22-14-23(6-7-24(22)17-34)28-21(3)33-20(2)26(15-27(36)37)29(28)35-12-9-30(4,5)10-13-35/h6-7,14,16,31H,8-13,15,17-18,32H2,1-5H3,(H,36,37). The number of fused-ring (bicyclic) bond motifs is 1. The first-order chi connectivity index (χ1) is 17.5. The van der Waals surface area contributed by atoms with E-state index in [-0.39, 0.29) is 6.42 Å². The summed E-state index contributed by atoms with van der Waals surface area (Å²) < 4.78 is 0. The molecule has 4 rings (SSSR count). The normalized spacial score (nSPS) is 18.2. The zero-order valence-corrected chi connectivity index (χ0v) is 22.9. The molecule has 1 aromatic heterocycles. The van der Waals surface area contributed by atoms with Crippen LogP contribution < -0.4 is 10.6 Å². The van der Waals surface area contributed by atoms with Gasteiger partial charge in [-0.2, -0.15) is 0 Å². The van der Waals surface area contributed by atoms with Crippen LogP contribution in [0.5, 0.6) is 0 Å². The summed E-state index contributed by atoms with van der Waals surface area (Å²) in [4.78, 5) is 21.5. The summed E-state index contributed by atoms with van der Waals surface area (Å²) in [7, 11) is 0. The van der Waals surface area contributed by atoms with Crippen molar-refractivity contribution in [3.63, 3.8) is 0 Å². The molecule has 0 radical (unpaired) electrons. The highest BCUT2D eigenvalue weighted by molar-refractivity contribution is 5.86. The number of nitrogens with two attached hydrogens (primary N) is 1. The second-order valence-electron chi connectivity index (χ2n) is 11.5. The molecule has 7 heteroatoms. The zero-order chi connectivity index (χ0) is 26.9. The van der Waals surface area contributed by atoms with E-state index in [2.05, 4.69) is 41.8 Å². The molecule has 0 saturated carbocycles. The molecule has 2 aliphatic rings. The van der Waals surface area contributed by atoms with Crippen molar-refractivity contribution in [2.24, 2.45) is 11.1 Å². The Morgan fingerprint density at radius 3 is 2.49 bits per heavy atom. The molecule has 3 heterocycles. The summed E-state index contributed by atoms with van der Waals surface area (Å²) in [5, 5.41) is 17.4. The Morgan fingerprint density at radius 1 is 1.16 bits per heavy atom. The number of benzene rings is 1. The molecule has 0 spiro atoms. The highest BCUT2D eigenvalue weighted by atomic mass is 16.4. The molecule has 2 aliphatic heterocycles. The Bertz CT molecular complexity index is 1230. The van der Waals surface area contributed by atoms with Gasteiger partial charge >= 0.3 is 5.97 Å². The van der Waals surface area contributed by atoms with Gasteiger partial charge in [0.2, 0.25) is 0 Å². The fourth-order valence-electron chi connectivity index (χ4n) is 5.69. The third-order valence-electron chi connectivity index (χ3n) is 8.08. The number of carboxylic acid groups (broad SMARTS) is 1. The Kier molecular flexibility index (Phi) is 7.74. The lowest BCUT2D eigenvalue weighted by molar-refractivity contribution is -0.136. The second kappa shape index (κ2) is 10.7. The van der Waals surface area contributed by atoms with Crippen LogP contribution in [0.2, 0.25) is 0 Å². The van der Waals surface area contributed by atoms with Crippen LogP contribution in [-0.4, -0.2) is 53.4 Å². The Morgan fingerprint density at radius 2 is 1.86 bits per heavy atom. The number of aliphatic carboxylic acids is 1. The number of anilines is 1. The van der Waals surface area contributed by atoms with Gasteiger partial charge in [-0.05, 0) is 62.1 Å². The molecule has 7 nitrogen and oxygen atoms in total. The number of carbonyl (C=O) groups is 1. The number of nitrogens with one attached hydrogen (secondary N) is 1. The maximum atomic E-state index is 11.9. The molecule has 198 valence electrons. The molecule has 1 saturated heterocycles. The number of hydrogen-bond donors (Lipinski definition) is 3. The molecule has 2 aromatic rings. The average molecular weight is 504 g/mol. The van der Waals surface area contributed by atoms with Crippen LogP contribution in [0.25, 0.3) is 11.1 Å².